The maximum atomic E-state index is 9.56. The fourth-order valence-electron chi connectivity index (χ4n) is 3.37. The maximum absolute atomic E-state index is 9.56. The van der Waals surface area contributed by atoms with Crippen molar-refractivity contribution in [2.75, 3.05) is 19.7 Å². The Morgan fingerprint density at radius 2 is 2.12 bits per heavy atom. The van der Waals surface area contributed by atoms with E-state index in [1.807, 2.05) is 0 Å². The molecule has 100 valence electrons. The Bertz CT molecular complexity index is 220. The lowest BCUT2D eigenvalue weighted by Crippen LogP contribution is -2.41. The van der Waals surface area contributed by atoms with Crippen molar-refractivity contribution in [3.8, 4) is 0 Å². The summed E-state index contributed by atoms with van der Waals surface area (Å²) in [5, 5.41) is 16.8. The Labute approximate surface area is 105 Å². The van der Waals surface area contributed by atoms with Crippen LogP contribution in [0.25, 0.3) is 0 Å². The number of aliphatic hydroxyl groups excluding tert-OH is 1. The van der Waals surface area contributed by atoms with Gasteiger partial charge in [-0.05, 0) is 45.6 Å². The molecule has 17 heavy (non-hydrogen) atoms. The average molecular weight is 240 g/mol. The van der Waals surface area contributed by atoms with Crippen molar-refractivity contribution in [2.45, 2.75) is 64.0 Å². The van der Waals surface area contributed by atoms with Crippen LogP contribution in [0.15, 0.2) is 0 Å². The highest BCUT2D eigenvalue weighted by molar-refractivity contribution is 4.87. The Morgan fingerprint density at radius 3 is 2.71 bits per heavy atom. The predicted molar refractivity (Wildman–Crippen MR) is 71.1 cm³/mol. The summed E-state index contributed by atoms with van der Waals surface area (Å²) in [7, 11) is 0. The summed E-state index contributed by atoms with van der Waals surface area (Å²) in [5.74, 6) is 0. The molecule has 1 saturated carbocycles. The molecule has 3 heteroatoms. The van der Waals surface area contributed by atoms with Gasteiger partial charge in [-0.2, -0.15) is 0 Å². The molecule has 0 amide bonds. The quantitative estimate of drug-likeness (QED) is 0.661. The first-order valence-electron chi connectivity index (χ1n) is 7.32. The van der Waals surface area contributed by atoms with E-state index in [1.165, 1.54) is 51.5 Å². The van der Waals surface area contributed by atoms with Gasteiger partial charge in [0.2, 0.25) is 0 Å². The first-order valence-corrected chi connectivity index (χ1v) is 7.32. The third kappa shape index (κ3) is 3.67. The van der Waals surface area contributed by atoms with E-state index in [-0.39, 0.29) is 5.41 Å². The second-order valence-corrected chi connectivity index (χ2v) is 6.18. The average Bonchev–Trinajstić information content (AvgIpc) is 2.98. The molecule has 2 rings (SSSR count). The van der Waals surface area contributed by atoms with Gasteiger partial charge in [-0.15, -0.1) is 0 Å². The zero-order valence-corrected chi connectivity index (χ0v) is 11.2. The molecule has 0 bridgehead atoms. The fourth-order valence-corrected chi connectivity index (χ4v) is 3.37. The standard InChI is InChI=1S/C14H28N2O/c1-12(9-13-5-4-8-15-13)16-10-14(11-17)6-2-3-7-14/h12-13,15-17H,2-11H2,1H3. The summed E-state index contributed by atoms with van der Waals surface area (Å²) in [4.78, 5) is 0. The highest BCUT2D eigenvalue weighted by Gasteiger charge is 2.33. The lowest BCUT2D eigenvalue weighted by Gasteiger charge is -2.29. The Balaban J connectivity index is 1.69. The molecule has 2 aliphatic rings. The van der Waals surface area contributed by atoms with Gasteiger partial charge in [0.15, 0.2) is 0 Å². The third-order valence-corrected chi connectivity index (χ3v) is 4.63. The molecule has 1 heterocycles. The van der Waals surface area contributed by atoms with Crippen molar-refractivity contribution in [3.63, 3.8) is 0 Å². The highest BCUT2D eigenvalue weighted by atomic mass is 16.3. The first kappa shape index (κ1) is 13.3. The van der Waals surface area contributed by atoms with Crippen LogP contribution in [0.5, 0.6) is 0 Å². The molecule has 3 N–H and O–H groups in total. The second-order valence-electron chi connectivity index (χ2n) is 6.18. The fraction of sp³-hybridized carbons (Fsp3) is 1.00. The summed E-state index contributed by atoms with van der Waals surface area (Å²) in [6, 6.07) is 1.28. The van der Waals surface area contributed by atoms with Gasteiger partial charge in [0.25, 0.3) is 0 Å². The maximum Gasteiger partial charge on any atom is 0.0499 e. The smallest absolute Gasteiger partial charge is 0.0499 e. The van der Waals surface area contributed by atoms with Crippen LogP contribution in [0.1, 0.15) is 51.9 Å². The van der Waals surface area contributed by atoms with Gasteiger partial charge in [0.05, 0.1) is 0 Å². The van der Waals surface area contributed by atoms with Crippen LogP contribution < -0.4 is 10.6 Å². The van der Waals surface area contributed by atoms with E-state index >= 15 is 0 Å². The van der Waals surface area contributed by atoms with Gasteiger partial charge in [-0.1, -0.05) is 12.8 Å². The number of hydrogen-bond donors (Lipinski definition) is 3. The minimum absolute atomic E-state index is 0.192. The second kappa shape index (κ2) is 6.17. The Kier molecular flexibility index (Phi) is 4.83. The Hall–Kier alpha value is -0.120. The molecule has 0 aromatic rings. The van der Waals surface area contributed by atoms with Gasteiger partial charge < -0.3 is 15.7 Å². The van der Waals surface area contributed by atoms with Crippen molar-refractivity contribution in [2.24, 2.45) is 5.41 Å². The van der Waals surface area contributed by atoms with E-state index in [1.54, 1.807) is 0 Å². The van der Waals surface area contributed by atoms with E-state index in [0.717, 1.165) is 6.54 Å². The van der Waals surface area contributed by atoms with Crippen molar-refractivity contribution < 1.29 is 5.11 Å². The van der Waals surface area contributed by atoms with Crippen molar-refractivity contribution in [1.29, 1.82) is 0 Å². The molecule has 0 aromatic heterocycles. The van der Waals surface area contributed by atoms with Crippen LogP contribution in [0.3, 0.4) is 0 Å². The molecule has 0 aromatic carbocycles. The van der Waals surface area contributed by atoms with Crippen LogP contribution >= 0.6 is 0 Å². The normalized spacial score (nSPS) is 29.6. The molecular formula is C14H28N2O. The zero-order chi connectivity index (χ0) is 12.1. The molecule has 0 spiro atoms. The van der Waals surface area contributed by atoms with Gasteiger partial charge in [-0.3, -0.25) is 0 Å². The van der Waals surface area contributed by atoms with Crippen LogP contribution in [0, 0.1) is 5.41 Å². The molecule has 2 atom stereocenters. The third-order valence-electron chi connectivity index (χ3n) is 4.63. The van der Waals surface area contributed by atoms with Crippen molar-refractivity contribution >= 4 is 0 Å². The van der Waals surface area contributed by atoms with Crippen LogP contribution in [-0.2, 0) is 0 Å². The van der Waals surface area contributed by atoms with Gasteiger partial charge in [0.1, 0.15) is 0 Å². The zero-order valence-electron chi connectivity index (χ0n) is 11.2. The minimum Gasteiger partial charge on any atom is -0.396 e. The molecule has 1 saturated heterocycles. The molecule has 2 fully saturated rings. The van der Waals surface area contributed by atoms with Gasteiger partial charge >= 0.3 is 0 Å². The Morgan fingerprint density at radius 1 is 1.35 bits per heavy atom. The number of hydrogen-bond acceptors (Lipinski definition) is 3. The monoisotopic (exact) mass is 240 g/mol. The minimum atomic E-state index is 0.192. The topological polar surface area (TPSA) is 44.3 Å². The molecule has 2 unspecified atom stereocenters. The number of nitrogens with one attached hydrogen (secondary N) is 2. The van der Waals surface area contributed by atoms with E-state index < -0.39 is 0 Å². The van der Waals surface area contributed by atoms with E-state index in [2.05, 4.69) is 17.6 Å². The van der Waals surface area contributed by atoms with Crippen molar-refractivity contribution in [3.05, 3.63) is 0 Å². The van der Waals surface area contributed by atoms with E-state index in [4.69, 9.17) is 0 Å². The lowest BCUT2D eigenvalue weighted by molar-refractivity contribution is 0.124. The summed E-state index contributed by atoms with van der Waals surface area (Å²) in [6.07, 6.45) is 8.87. The van der Waals surface area contributed by atoms with Crippen LogP contribution in [-0.4, -0.2) is 36.9 Å². The predicted octanol–water partition coefficient (Wildman–Crippen LogP) is 1.66. The van der Waals surface area contributed by atoms with Crippen LogP contribution in [0.2, 0.25) is 0 Å². The van der Waals surface area contributed by atoms with Crippen molar-refractivity contribution in [1.82, 2.24) is 10.6 Å². The first-order chi connectivity index (χ1) is 8.24. The summed E-state index contributed by atoms with van der Waals surface area (Å²) >= 11 is 0. The van der Waals surface area contributed by atoms with Gasteiger partial charge in [-0.25, -0.2) is 0 Å². The molecule has 0 radical (unpaired) electrons. The number of aliphatic hydroxyl groups is 1. The summed E-state index contributed by atoms with van der Waals surface area (Å²) < 4.78 is 0. The summed E-state index contributed by atoms with van der Waals surface area (Å²) in [5.41, 5.74) is 0.192. The number of rotatable bonds is 6. The molecular weight excluding hydrogens is 212 g/mol. The van der Waals surface area contributed by atoms with Gasteiger partial charge in [0, 0.05) is 30.7 Å². The SMILES string of the molecule is CC(CC1CCCN1)NCC1(CO)CCCC1. The van der Waals surface area contributed by atoms with E-state index in [9.17, 15) is 5.11 Å². The molecule has 1 aliphatic carbocycles. The molecule has 1 aliphatic heterocycles. The van der Waals surface area contributed by atoms with Crippen LogP contribution in [0.4, 0.5) is 0 Å². The van der Waals surface area contributed by atoms with E-state index in [0.29, 0.717) is 18.7 Å². The largest absolute Gasteiger partial charge is 0.396 e. The summed E-state index contributed by atoms with van der Waals surface area (Å²) in [6.45, 7) is 4.82. The highest BCUT2D eigenvalue weighted by Crippen LogP contribution is 2.37. The lowest BCUT2D eigenvalue weighted by atomic mass is 9.87. The molecule has 3 nitrogen and oxygen atoms in total.